The monoisotopic (exact) mass is 281 g/mol. The highest BCUT2D eigenvalue weighted by atomic mass is 19.1. The van der Waals surface area contributed by atoms with Crippen molar-refractivity contribution in [2.75, 3.05) is 0 Å². The summed E-state index contributed by atoms with van der Waals surface area (Å²) in [4.78, 5) is 15.8. The second kappa shape index (κ2) is 5.52. The van der Waals surface area contributed by atoms with Crippen LogP contribution < -0.4 is 0 Å². The molecule has 0 aliphatic carbocycles. The van der Waals surface area contributed by atoms with E-state index < -0.39 is 0 Å². The number of H-pyrrole nitrogens is 1. The number of hydrogen-bond acceptors (Lipinski definition) is 1. The Bertz CT molecular complexity index is 776. The van der Waals surface area contributed by atoms with Crippen LogP contribution in [0.15, 0.2) is 54.7 Å². The number of ketones is 1. The molecular weight excluding hydrogens is 265 g/mol. The molecular formula is C18H16FNO. The second-order valence-corrected chi connectivity index (χ2v) is 5.10. The number of rotatable bonds is 4. The molecule has 0 radical (unpaired) electrons. The normalized spacial score (nSPS) is 12.5. The highest BCUT2D eigenvalue weighted by molar-refractivity contribution is 6.10. The maximum Gasteiger partial charge on any atom is 0.172 e. The van der Waals surface area contributed by atoms with Crippen LogP contribution in [0.3, 0.4) is 0 Å². The minimum Gasteiger partial charge on any atom is -0.360 e. The summed E-state index contributed by atoms with van der Waals surface area (Å²) < 4.78 is 14.0. The van der Waals surface area contributed by atoms with E-state index >= 15 is 0 Å². The fourth-order valence-corrected chi connectivity index (χ4v) is 2.78. The number of halogens is 1. The average molecular weight is 281 g/mol. The molecule has 21 heavy (non-hydrogen) atoms. The number of hydrogen-bond donors (Lipinski definition) is 1. The number of aromatic amines is 1. The molecule has 0 spiro atoms. The van der Waals surface area contributed by atoms with Gasteiger partial charge in [0.05, 0.1) is 0 Å². The number of Topliss-reactive ketones (excluding diaryl/α,β-unsaturated/α-hetero) is 1. The van der Waals surface area contributed by atoms with E-state index in [1.807, 2.05) is 37.3 Å². The highest BCUT2D eigenvalue weighted by Crippen LogP contribution is 2.29. The van der Waals surface area contributed by atoms with Crippen molar-refractivity contribution in [2.24, 2.45) is 0 Å². The summed E-state index contributed by atoms with van der Waals surface area (Å²) in [5.41, 5.74) is 2.05. The van der Waals surface area contributed by atoms with E-state index in [1.165, 1.54) is 6.07 Å². The van der Waals surface area contributed by atoms with Crippen LogP contribution in [0.2, 0.25) is 0 Å². The maximum absolute atomic E-state index is 14.0. The predicted octanol–water partition coefficient (Wildman–Crippen LogP) is 4.68. The van der Waals surface area contributed by atoms with Crippen LogP contribution in [0, 0.1) is 5.82 Å². The van der Waals surface area contributed by atoms with Gasteiger partial charge in [-0.2, -0.15) is 0 Å². The lowest BCUT2D eigenvalue weighted by Gasteiger charge is -2.13. The van der Waals surface area contributed by atoms with Crippen LogP contribution in [-0.4, -0.2) is 10.8 Å². The van der Waals surface area contributed by atoms with Gasteiger partial charge < -0.3 is 4.98 Å². The van der Waals surface area contributed by atoms with Gasteiger partial charge in [0.2, 0.25) is 0 Å². The first kappa shape index (κ1) is 13.6. The number of nitrogens with one attached hydrogen (secondary N) is 1. The van der Waals surface area contributed by atoms with Crippen molar-refractivity contribution in [1.82, 2.24) is 4.98 Å². The van der Waals surface area contributed by atoms with Gasteiger partial charge in [-0.3, -0.25) is 4.79 Å². The summed E-state index contributed by atoms with van der Waals surface area (Å²) in [5, 5.41) is 0.386. The Hall–Kier alpha value is -2.42. The second-order valence-electron chi connectivity index (χ2n) is 5.10. The van der Waals surface area contributed by atoms with E-state index in [0.717, 1.165) is 5.56 Å². The van der Waals surface area contributed by atoms with E-state index in [-0.39, 0.29) is 17.5 Å². The van der Waals surface area contributed by atoms with Crippen molar-refractivity contribution in [3.8, 4) is 0 Å². The largest absolute Gasteiger partial charge is 0.360 e. The third kappa shape index (κ3) is 2.35. The van der Waals surface area contributed by atoms with Crippen LogP contribution in [0.4, 0.5) is 4.39 Å². The zero-order valence-corrected chi connectivity index (χ0v) is 11.8. The van der Waals surface area contributed by atoms with Crippen molar-refractivity contribution in [3.63, 3.8) is 0 Å². The first-order valence-electron chi connectivity index (χ1n) is 7.07. The minimum absolute atomic E-state index is 0.0416. The first-order chi connectivity index (χ1) is 10.2. The van der Waals surface area contributed by atoms with Gasteiger partial charge >= 0.3 is 0 Å². The lowest BCUT2D eigenvalue weighted by atomic mass is 9.88. The molecule has 2 nitrogen and oxygen atoms in total. The van der Waals surface area contributed by atoms with Crippen LogP contribution in [0.5, 0.6) is 0 Å². The fourth-order valence-electron chi connectivity index (χ4n) is 2.78. The number of carbonyl (C=O) groups is 1. The molecule has 1 N–H and O–H groups in total. The van der Waals surface area contributed by atoms with Gasteiger partial charge in [0.1, 0.15) is 5.82 Å². The molecule has 0 aliphatic rings. The van der Waals surface area contributed by atoms with E-state index in [9.17, 15) is 9.18 Å². The number of benzene rings is 2. The minimum atomic E-state index is -0.361. The molecule has 0 aliphatic heterocycles. The van der Waals surface area contributed by atoms with Gasteiger partial charge in [0.15, 0.2) is 5.78 Å². The van der Waals surface area contributed by atoms with Crippen LogP contribution in [0.25, 0.3) is 10.9 Å². The van der Waals surface area contributed by atoms with Crippen molar-refractivity contribution in [2.45, 2.75) is 19.3 Å². The Morgan fingerprint density at radius 3 is 2.62 bits per heavy atom. The molecule has 2 aromatic carbocycles. The lowest BCUT2D eigenvalue weighted by Crippen LogP contribution is -2.12. The first-order valence-corrected chi connectivity index (χ1v) is 7.07. The number of carbonyl (C=O) groups excluding carboxylic acids is 1. The quantitative estimate of drug-likeness (QED) is 0.692. The highest BCUT2D eigenvalue weighted by Gasteiger charge is 2.23. The maximum atomic E-state index is 14.0. The fraction of sp³-hybridized carbons (Fsp3) is 0.167. The van der Waals surface area contributed by atoms with Gasteiger partial charge in [0, 0.05) is 28.6 Å². The summed E-state index contributed by atoms with van der Waals surface area (Å²) in [7, 11) is 0. The summed E-state index contributed by atoms with van der Waals surface area (Å²) in [6.45, 7) is 1.97. The zero-order valence-electron chi connectivity index (χ0n) is 11.8. The summed E-state index contributed by atoms with van der Waals surface area (Å²) >= 11 is 0. The van der Waals surface area contributed by atoms with E-state index in [0.29, 0.717) is 22.9 Å². The Kier molecular flexibility index (Phi) is 3.57. The Labute approximate surface area is 122 Å². The summed E-state index contributed by atoms with van der Waals surface area (Å²) in [5.74, 6) is -0.648. The predicted molar refractivity (Wildman–Crippen MR) is 82.1 cm³/mol. The molecule has 106 valence electrons. The summed E-state index contributed by atoms with van der Waals surface area (Å²) in [6.07, 6.45) is 2.30. The molecule has 3 heteroatoms. The van der Waals surface area contributed by atoms with Crippen molar-refractivity contribution < 1.29 is 9.18 Å². The third-order valence-corrected chi connectivity index (χ3v) is 3.85. The van der Waals surface area contributed by atoms with Gasteiger partial charge in [-0.15, -0.1) is 0 Å². The van der Waals surface area contributed by atoms with Crippen molar-refractivity contribution >= 4 is 16.7 Å². The van der Waals surface area contributed by atoms with E-state index in [1.54, 1.807) is 18.3 Å². The molecule has 0 fully saturated rings. The summed E-state index contributed by atoms with van der Waals surface area (Å²) in [6, 6.07) is 14.4. The SMILES string of the molecule is CCC(C(=O)c1c[nH]c2cccc(F)c12)c1ccccc1. The molecule has 0 saturated carbocycles. The topological polar surface area (TPSA) is 32.9 Å². The van der Waals surface area contributed by atoms with Gasteiger partial charge in [-0.25, -0.2) is 4.39 Å². The van der Waals surface area contributed by atoms with Crippen LogP contribution in [-0.2, 0) is 0 Å². The average Bonchev–Trinajstić information content (AvgIpc) is 2.94. The molecule has 0 amide bonds. The van der Waals surface area contributed by atoms with Gasteiger partial charge in [-0.05, 0) is 24.1 Å². The van der Waals surface area contributed by atoms with Crippen molar-refractivity contribution in [1.29, 1.82) is 0 Å². The Balaban J connectivity index is 2.07. The van der Waals surface area contributed by atoms with Gasteiger partial charge in [0.25, 0.3) is 0 Å². The van der Waals surface area contributed by atoms with Crippen LogP contribution >= 0.6 is 0 Å². The number of fused-ring (bicyclic) bond motifs is 1. The lowest BCUT2D eigenvalue weighted by molar-refractivity contribution is 0.0959. The third-order valence-electron chi connectivity index (χ3n) is 3.85. The molecule has 1 aromatic heterocycles. The molecule has 3 rings (SSSR count). The molecule has 0 saturated heterocycles. The molecule has 1 heterocycles. The Morgan fingerprint density at radius 2 is 1.90 bits per heavy atom. The smallest absolute Gasteiger partial charge is 0.172 e. The molecule has 3 aromatic rings. The van der Waals surface area contributed by atoms with Crippen LogP contribution in [0.1, 0.15) is 35.2 Å². The number of aromatic nitrogens is 1. The Morgan fingerprint density at radius 1 is 1.14 bits per heavy atom. The van der Waals surface area contributed by atoms with E-state index in [2.05, 4.69) is 4.98 Å². The molecule has 1 unspecified atom stereocenters. The van der Waals surface area contributed by atoms with Crippen molar-refractivity contribution in [3.05, 3.63) is 71.7 Å². The zero-order chi connectivity index (χ0) is 14.8. The van der Waals surface area contributed by atoms with Gasteiger partial charge in [-0.1, -0.05) is 43.3 Å². The van der Waals surface area contributed by atoms with E-state index in [4.69, 9.17) is 0 Å². The standard InChI is InChI=1S/C18H16FNO/c1-2-13(12-7-4-3-5-8-12)18(21)14-11-20-16-10-6-9-15(19)17(14)16/h3-11,13,20H,2H2,1H3. The molecule has 1 atom stereocenters. The molecule has 0 bridgehead atoms.